The maximum atomic E-state index is 13.2. The number of amides is 2. The van der Waals surface area contributed by atoms with Gasteiger partial charge in [0, 0.05) is 17.6 Å². The van der Waals surface area contributed by atoms with E-state index in [1.165, 1.54) is 5.56 Å². The lowest BCUT2D eigenvalue weighted by Gasteiger charge is -2.29. The van der Waals surface area contributed by atoms with Gasteiger partial charge in [-0.15, -0.1) is 0 Å². The first kappa shape index (κ1) is 26.4. The molecule has 0 bridgehead atoms. The fourth-order valence-electron chi connectivity index (χ4n) is 3.12. The van der Waals surface area contributed by atoms with E-state index in [-0.39, 0.29) is 23.8 Å². The van der Waals surface area contributed by atoms with E-state index < -0.39 is 6.04 Å². The molecular formula is C25H32Br2N2O3. The van der Waals surface area contributed by atoms with E-state index >= 15 is 0 Å². The lowest BCUT2D eigenvalue weighted by atomic mass is 9.87. The highest BCUT2D eigenvalue weighted by atomic mass is 79.9. The Morgan fingerprint density at radius 3 is 2.44 bits per heavy atom. The summed E-state index contributed by atoms with van der Waals surface area (Å²) in [6, 6.07) is 13.0. The van der Waals surface area contributed by atoms with Crippen molar-refractivity contribution in [1.82, 2.24) is 10.2 Å². The number of nitrogens with one attached hydrogen (secondary N) is 1. The number of hydrogen-bond donors (Lipinski definition) is 1. The highest BCUT2D eigenvalue weighted by molar-refractivity contribution is 9.10. The summed E-state index contributed by atoms with van der Waals surface area (Å²) in [7, 11) is 0. The Balaban J connectivity index is 2.17. The predicted octanol–water partition coefficient (Wildman–Crippen LogP) is 5.83. The van der Waals surface area contributed by atoms with Crippen molar-refractivity contribution in [1.29, 1.82) is 0 Å². The molecule has 2 aromatic rings. The van der Waals surface area contributed by atoms with Gasteiger partial charge in [-0.2, -0.15) is 0 Å². The third-order valence-corrected chi connectivity index (χ3v) is 6.22. The molecule has 0 aliphatic rings. The highest BCUT2D eigenvalue weighted by Gasteiger charge is 2.26. The number of carbonyl (C=O) groups is 2. The summed E-state index contributed by atoms with van der Waals surface area (Å²) in [4.78, 5) is 27.3. The maximum Gasteiger partial charge on any atom is 0.261 e. The molecule has 1 N–H and O–H groups in total. The van der Waals surface area contributed by atoms with Crippen molar-refractivity contribution in [3.05, 3.63) is 62.5 Å². The lowest BCUT2D eigenvalue weighted by Crippen LogP contribution is -2.49. The van der Waals surface area contributed by atoms with Crippen LogP contribution in [0.15, 0.2) is 51.4 Å². The van der Waals surface area contributed by atoms with Crippen LogP contribution in [0.1, 0.15) is 52.2 Å². The Labute approximate surface area is 208 Å². The molecule has 0 aliphatic heterocycles. The van der Waals surface area contributed by atoms with E-state index in [0.717, 1.165) is 20.9 Å². The van der Waals surface area contributed by atoms with Crippen LogP contribution in [0.2, 0.25) is 0 Å². The molecule has 0 saturated carbocycles. The standard InChI is InChI=1S/C25H32Br2N2O3/c1-6-12-28-24(31)17(2)29(15-18-8-7-9-20(26)13-18)23(30)16-32-22-11-10-19(14-21(22)27)25(3,4)5/h7-11,13-14,17H,6,12,15-16H2,1-5H3,(H,28,31)/t17-/m0/s1. The molecule has 7 heteroatoms. The van der Waals surface area contributed by atoms with E-state index in [1.54, 1.807) is 11.8 Å². The van der Waals surface area contributed by atoms with E-state index in [4.69, 9.17) is 4.74 Å². The first-order valence-electron chi connectivity index (χ1n) is 10.8. The number of nitrogens with zero attached hydrogens (tertiary/aromatic N) is 1. The molecule has 0 fully saturated rings. The number of benzene rings is 2. The van der Waals surface area contributed by atoms with Gasteiger partial charge in [0.15, 0.2) is 6.61 Å². The topological polar surface area (TPSA) is 58.6 Å². The number of halogens is 2. The second-order valence-corrected chi connectivity index (χ2v) is 10.6. The van der Waals surface area contributed by atoms with Crippen LogP contribution >= 0.6 is 31.9 Å². The van der Waals surface area contributed by atoms with Crippen molar-refractivity contribution in [2.24, 2.45) is 0 Å². The fraction of sp³-hybridized carbons (Fsp3) is 0.440. The quantitative estimate of drug-likeness (QED) is 0.414. The minimum atomic E-state index is -0.622. The van der Waals surface area contributed by atoms with Gasteiger partial charge in [0.1, 0.15) is 11.8 Å². The van der Waals surface area contributed by atoms with E-state index in [0.29, 0.717) is 18.8 Å². The minimum Gasteiger partial charge on any atom is -0.483 e. The number of hydrogen-bond acceptors (Lipinski definition) is 3. The van der Waals surface area contributed by atoms with Crippen LogP contribution in [-0.4, -0.2) is 35.9 Å². The Morgan fingerprint density at radius 1 is 1.12 bits per heavy atom. The number of carbonyl (C=O) groups excluding carboxylic acids is 2. The van der Waals surface area contributed by atoms with Gasteiger partial charge >= 0.3 is 0 Å². The van der Waals surface area contributed by atoms with Gasteiger partial charge in [-0.1, -0.05) is 61.8 Å². The lowest BCUT2D eigenvalue weighted by molar-refractivity contribution is -0.142. The Bertz CT molecular complexity index is 941. The smallest absolute Gasteiger partial charge is 0.261 e. The second kappa shape index (κ2) is 11.8. The van der Waals surface area contributed by atoms with Crippen molar-refractivity contribution in [2.75, 3.05) is 13.2 Å². The first-order valence-corrected chi connectivity index (χ1v) is 12.4. The highest BCUT2D eigenvalue weighted by Crippen LogP contribution is 2.31. The maximum absolute atomic E-state index is 13.2. The van der Waals surface area contributed by atoms with Crippen molar-refractivity contribution in [3.63, 3.8) is 0 Å². The molecule has 0 heterocycles. The first-order chi connectivity index (χ1) is 15.0. The van der Waals surface area contributed by atoms with E-state index in [2.05, 4.69) is 57.9 Å². The average molecular weight is 568 g/mol. The molecule has 32 heavy (non-hydrogen) atoms. The van der Waals surface area contributed by atoms with E-state index in [9.17, 15) is 9.59 Å². The molecule has 1 atom stereocenters. The SMILES string of the molecule is CCCNC(=O)[C@H](C)N(Cc1cccc(Br)c1)C(=O)COc1ccc(C(C)(C)C)cc1Br. The largest absolute Gasteiger partial charge is 0.483 e. The van der Waals surface area contributed by atoms with Crippen LogP contribution < -0.4 is 10.1 Å². The van der Waals surface area contributed by atoms with Gasteiger partial charge in [-0.05, 0) is 70.1 Å². The summed E-state index contributed by atoms with van der Waals surface area (Å²) in [6.45, 7) is 10.9. The molecule has 0 saturated heterocycles. The summed E-state index contributed by atoms with van der Waals surface area (Å²) < 4.78 is 7.56. The zero-order chi connectivity index (χ0) is 23.9. The van der Waals surface area contributed by atoms with Gasteiger partial charge in [0.2, 0.25) is 5.91 Å². The monoisotopic (exact) mass is 566 g/mol. The van der Waals surface area contributed by atoms with Crippen molar-refractivity contribution in [3.8, 4) is 5.75 Å². The average Bonchev–Trinajstić information content (AvgIpc) is 2.73. The minimum absolute atomic E-state index is 0.0128. The zero-order valence-corrected chi connectivity index (χ0v) is 22.5. The van der Waals surface area contributed by atoms with Gasteiger partial charge < -0.3 is 15.0 Å². The fourth-order valence-corrected chi connectivity index (χ4v) is 4.06. The molecule has 0 spiro atoms. The summed E-state index contributed by atoms with van der Waals surface area (Å²) >= 11 is 7.02. The molecule has 5 nitrogen and oxygen atoms in total. The van der Waals surface area contributed by atoms with Gasteiger partial charge in [0.25, 0.3) is 5.91 Å². The summed E-state index contributed by atoms with van der Waals surface area (Å²) in [5.41, 5.74) is 2.11. The third-order valence-electron chi connectivity index (χ3n) is 5.11. The summed E-state index contributed by atoms with van der Waals surface area (Å²) in [6.07, 6.45) is 0.833. The van der Waals surface area contributed by atoms with Crippen molar-refractivity contribution >= 4 is 43.7 Å². The molecule has 0 aromatic heterocycles. The molecule has 0 aliphatic carbocycles. The van der Waals surface area contributed by atoms with Crippen LogP contribution in [0.25, 0.3) is 0 Å². The zero-order valence-electron chi connectivity index (χ0n) is 19.4. The molecule has 2 amide bonds. The molecule has 2 rings (SSSR count). The van der Waals surface area contributed by atoms with Crippen LogP contribution in [0, 0.1) is 0 Å². The van der Waals surface area contributed by atoms with Crippen molar-refractivity contribution < 1.29 is 14.3 Å². The van der Waals surface area contributed by atoms with Crippen LogP contribution in [0.3, 0.4) is 0 Å². The van der Waals surface area contributed by atoms with Gasteiger partial charge in [-0.3, -0.25) is 9.59 Å². The molecule has 174 valence electrons. The Morgan fingerprint density at radius 2 is 1.84 bits per heavy atom. The van der Waals surface area contributed by atoms with Crippen LogP contribution in [0.4, 0.5) is 0 Å². The predicted molar refractivity (Wildman–Crippen MR) is 136 cm³/mol. The van der Waals surface area contributed by atoms with Crippen molar-refractivity contribution in [2.45, 2.75) is 59.0 Å². The number of ether oxygens (including phenoxy) is 1. The molecule has 2 aromatic carbocycles. The van der Waals surface area contributed by atoms with Crippen LogP contribution in [-0.2, 0) is 21.5 Å². The van der Waals surface area contributed by atoms with Gasteiger partial charge in [0.05, 0.1) is 4.47 Å². The third kappa shape index (κ3) is 7.62. The van der Waals surface area contributed by atoms with Crippen LogP contribution in [0.5, 0.6) is 5.75 Å². The Kier molecular flexibility index (Phi) is 9.77. The molecule has 0 radical (unpaired) electrons. The second-order valence-electron chi connectivity index (χ2n) is 8.80. The van der Waals surface area contributed by atoms with Gasteiger partial charge in [-0.25, -0.2) is 0 Å². The van der Waals surface area contributed by atoms with E-state index in [1.807, 2.05) is 49.4 Å². The number of rotatable bonds is 9. The summed E-state index contributed by atoms with van der Waals surface area (Å²) in [5.74, 6) is 0.165. The molecular weight excluding hydrogens is 536 g/mol. The molecule has 0 unspecified atom stereocenters. The Hall–Kier alpha value is -1.86. The summed E-state index contributed by atoms with van der Waals surface area (Å²) in [5, 5.41) is 2.88. The normalized spacial score (nSPS) is 12.2.